The fraction of sp³-hybridized carbons (Fsp3) is 0.500. The van der Waals surface area contributed by atoms with Crippen LogP contribution in [-0.4, -0.2) is 9.55 Å². The van der Waals surface area contributed by atoms with Gasteiger partial charge in [-0.1, -0.05) is 18.9 Å². The van der Waals surface area contributed by atoms with E-state index in [-0.39, 0.29) is 17.0 Å². The van der Waals surface area contributed by atoms with Gasteiger partial charge < -0.3 is 0 Å². The van der Waals surface area contributed by atoms with Crippen LogP contribution in [0, 0.1) is 17.7 Å². The quantitative estimate of drug-likeness (QED) is 0.798. The molecular weight excluding hydrogens is 255 g/mol. The van der Waals surface area contributed by atoms with E-state index >= 15 is 0 Å². The first-order valence-corrected chi connectivity index (χ1v) is 7.41. The molecule has 3 atom stereocenters. The number of halogens is 1. The summed E-state index contributed by atoms with van der Waals surface area (Å²) < 4.78 is 15.6. The Morgan fingerprint density at radius 1 is 1.20 bits per heavy atom. The maximum Gasteiger partial charge on any atom is 0.264 e. The zero-order valence-corrected chi connectivity index (χ0v) is 11.3. The van der Waals surface area contributed by atoms with Crippen LogP contribution in [0.3, 0.4) is 0 Å². The monoisotopic (exact) mass is 272 g/mol. The third-order valence-electron chi connectivity index (χ3n) is 5.16. The molecule has 4 rings (SSSR count). The van der Waals surface area contributed by atoms with Crippen molar-refractivity contribution in [3.8, 4) is 0 Å². The second-order valence-electron chi connectivity index (χ2n) is 6.09. The molecule has 0 N–H and O–H groups in total. The van der Waals surface area contributed by atoms with Crippen LogP contribution in [0.25, 0.3) is 10.9 Å². The average molecular weight is 272 g/mol. The number of benzene rings is 1. The smallest absolute Gasteiger partial charge is 0.264 e. The minimum atomic E-state index is -0.463. The highest BCUT2D eigenvalue weighted by Crippen LogP contribution is 2.49. The summed E-state index contributed by atoms with van der Waals surface area (Å²) in [7, 11) is 0. The first-order valence-electron chi connectivity index (χ1n) is 7.41. The highest BCUT2D eigenvalue weighted by molar-refractivity contribution is 5.77. The van der Waals surface area contributed by atoms with E-state index in [0.29, 0.717) is 11.4 Å². The summed E-state index contributed by atoms with van der Waals surface area (Å²) in [6, 6.07) is 4.84. The summed E-state index contributed by atoms with van der Waals surface area (Å²) in [5.74, 6) is 0.872. The maximum atomic E-state index is 13.9. The molecule has 2 fully saturated rings. The van der Waals surface area contributed by atoms with Gasteiger partial charge >= 0.3 is 0 Å². The largest absolute Gasteiger partial charge is 0.295 e. The van der Waals surface area contributed by atoms with Crippen LogP contribution in [0.1, 0.15) is 38.1 Å². The minimum absolute atomic E-state index is 0.136. The van der Waals surface area contributed by atoms with Gasteiger partial charge in [0.05, 0.1) is 11.8 Å². The number of hydrogen-bond acceptors (Lipinski definition) is 2. The van der Waals surface area contributed by atoms with Gasteiger partial charge in [0.1, 0.15) is 11.2 Å². The Bertz CT molecular complexity index is 724. The molecule has 0 saturated heterocycles. The number of hydrogen-bond donors (Lipinski definition) is 0. The lowest BCUT2D eigenvalue weighted by molar-refractivity contribution is 0.340. The van der Waals surface area contributed by atoms with Crippen LogP contribution in [0.5, 0.6) is 0 Å². The first-order chi connectivity index (χ1) is 9.75. The molecule has 1 aromatic heterocycles. The molecule has 1 heterocycles. The van der Waals surface area contributed by atoms with Crippen LogP contribution < -0.4 is 5.56 Å². The second-order valence-corrected chi connectivity index (χ2v) is 6.09. The molecule has 1 aromatic carbocycles. The van der Waals surface area contributed by atoms with E-state index in [1.54, 1.807) is 23.0 Å². The van der Waals surface area contributed by atoms with Gasteiger partial charge in [-0.15, -0.1) is 0 Å². The predicted molar refractivity (Wildman–Crippen MR) is 75.1 cm³/mol. The van der Waals surface area contributed by atoms with E-state index < -0.39 is 5.82 Å². The second kappa shape index (κ2) is 4.40. The van der Waals surface area contributed by atoms with Crippen LogP contribution in [-0.2, 0) is 0 Å². The fourth-order valence-corrected chi connectivity index (χ4v) is 4.25. The third kappa shape index (κ3) is 1.63. The van der Waals surface area contributed by atoms with Crippen LogP contribution >= 0.6 is 0 Å². The van der Waals surface area contributed by atoms with Crippen molar-refractivity contribution in [3.63, 3.8) is 0 Å². The standard InChI is InChI=1S/C16H17FN2O/c17-12-5-2-6-13-15(12)16(20)19(9-18-13)14-8-7-10-3-1-4-11(10)14/h2,5-6,9-11,14H,1,3-4,7-8H2/t10-,11-,14-/m0/s1. The molecule has 3 nitrogen and oxygen atoms in total. The topological polar surface area (TPSA) is 34.9 Å². The lowest BCUT2D eigenvalue weighted by Crippen LogP contribution is -2.28. The third-order valence-corrected chi connectivity index (χ3v) is 5.16. The Hall–Kier alpha value is -1.71. The van der Waals surface area contributed by atoms with Gasteiger partial charge in [-0.2, -0.15) is 0 Å². The van der Waals surface area contributed by atoms with Gasteiger partial charge in [-0.05, 0) is 43.2 Å². The summed E-state index contributed by atoms with van der Waals surface area (Å²) in [5.41, 5.74) is 0.234. The fourth-order valence-electron chi connectivity index (χ4n) is 4.25. The summed E-state index contributed by atoms with van der Waals surface area (Å²) in [5, 5.41) is 0.136. The number of nitrogens with zero attached hydrogens (tertiary/aromatic N) is 2. The summed E-state index contributed by atoms with van der Waals surface area (Å²) in [4.78, 5) is 16.9. The van der Waals surface area contributed by atoms with Crippen molar-refractivity contribution in [1.82, 2.24) is 9.55 Å². The molecule has 4 heteroatoms. The molecule has 20 heavy (non-hydrogen) atoms. The van der Waals surface area contributed by atoms with Crippen molar-refractivity contribution in [2.24, 2.45) is 11.8 Å². The van der Waals surface area contributed by atoms with Crippen LogP contribution in [0.4, 0.5) is 4.39 Å². The van der Waals surface area contributed by atoms with Crippen molar-refractivity contribution in [2.45, 2.75) is 38.1 Å². The van der Waals surface area contributed by atoms with E-state index in [1.807, 2.05) is 0 Å². The molecular formula is C16H17FN2O. The summed E-state index contributed by atoms with van der Waals surface area (Å²) in [6.07, 6.45) is 7.57. The molecule has 104 valence electrons. The molecule has 0 radical (unpaired) electrons. The van der Waals surface area contributed by atoms with E-state index in [1.165, 1.54) is 31.7 Å². The van der Waals surface area contributed by atoms with Crippen molar-refractivity contribution in [2.75, 3.05) is 0 Å². The highest BCUT2D eigenvalue weighted by Gasteiger charge is 2.40. The lowest BCUT2D eigenvalue weighted by atomic mass is 9.97. The van der Waals surface area contributed by atoms with Crippen LogP contribution in [0.15, 0.2) is 29.3 Å². The Labute approximate surface area is 116 Å². The molecule has 0 aliphatic heterocycles. The van der Waals surface area contributed by atoms with Crippen LogP contribution in [0.2, 0.25) is 0 Å². The van der Waals surface area contributed by atoms with Crippen molar-refractivity contribution in [1.29, 1.82) is 0 Å². The Kier molecular flexibility index (Phi) is 2.65. The molecule has 2 aliphatic rings. The molecule has 0 bridgehead atoms. The van der Waals surface area contributed by atoms with E-state index in [9.17, 15) is 9.18 Å². The molecule has 2 aromatic rings. The molecule has 0 spiro atoms. The van der Waals surface area contributed by atoms with Crippen molar-refractivity contribution >= 4 is 10.9 Å². The zero-order valence-electron chi connectivity index (χ0n) is 11.3. The molecule has 2 aliphatic carbocycles. The van der Waals surface area contributed by atoms with Gasteiger partial charge in [0.2, 0.25) is 0 Å². The molecule has 0 amide bonds. The average Bonchev–Trinajstić information content (AvgIpc) is 3.02. The van der Waals surface area contributed by atoms with Gasteiger partial charge in [-0.25, -0.2) is 9.37 Å². The predicted octanol–water partition coefficient (Wildman–Crippen LogP) is 3.29. The number of aromatic nitrogens is 2. The lowest BCUT2D eigenvalue weighted by Gasteiger charge is -2.21. The zero-order chi connectivity index (χ0) is 13.7. The van der Waals surface area contributed by atoms with Crippen molar-refractivity contribution < 1.29 is 4.39 Å². The minimum Gasteiger partial charge on any atom is -0.295 e. The normalized spacial score (nSPS) is 28.9. The summed E-state index contributed by atoms with van der Waals surface area (Å²) >= 11 is 0. The van der Waals surface area contributed by atoms with Gasteiger partial charge in [0, 0.05) is 6.04 Å². The van der Waals surface area contributed by atoms with E-state index in [4.69, 9.17) is 0 Å². The number of rotatable bonds is 1. The Morgan fingerprint density at radius 2 is 2.10 bits per heavy atom. The number of fused-ring (bicyclic) bond motifs is 2. The molecule has 2 saturated carbocycles. The van der Waals surface area contributed by atoms with E-state index in [0.717, 1.165) is 12.3 Å². The Balaban J connectivity index is 1.87. The highest BCUT2D eigenvalue weighted by atomic mass is 19.1. The van der Waals surface area contributed by atoms with Gasteiger partial charge in [0.15, 0.2) is 0 Å². The maximum absolute atomic E-state index is 13.9. The first kappa shape index (κ1) is 12.1. The van der Waals surface area contributed by atoms with Gasteiger partial charge in [0.25, 0.3) is 5.56 Å². The van der Waals surface area contributed by atoms with E-state index in [2.05, 4.69) is 4.98 Å². The van der Waals surface area contributed by atoms with Crippen molar-refractivity contribution in [3.05, 3.63) is 40.7 Å². The molecule has 0 unspecified atom stereocenters. The Morgan fingerprint density at radius 3 is 3.00 bits per heavy atom. The SMILES string of the molecule is O=c1c2c(F)cccc2ncn1[C@H]1CC[C@@H]2CCC[C@@H]21. The van der Waals surface area contributed by atoms with Gasteiger partial charge in [-0.3, -0.25) is 9.36 Å². The summed E-state index contributed by atoms with van der Waals surface area (Å²) in [6.45, 7) is 0.